The van der Waals surface area contributed by atoms with Gasteiger partial charge in [0.05, 0.1) is 24.8 Å². The normalized spacial score (nSPS) is 17.5. The molecule has 1 fully saturated rings. The van der Waals surface area contributed by atoms with E-state index in [0.717, 1.165) is 12.1 Å². The van der Waals surface area contributed by atoms with Crippen LogP contribution < -0.4 is 15.6 Å². The highest BCUT2D eigenvalue weighted by molar-refractivity contribution is 5.76. The number of carbonyl (C=O) groups excluding carboxylic acids is 1. The number of pyridine rings is 1. The number of nitrogens with one attached hydrogen (secondary N) is 1. The third kappa shape index (κ3) is 3.15. The molecule has 1 aliphatic heterocycles. The van der Waals surface area contributed by atoms with Gasteiger partial charge in [0, 0.05) is 12.0 Å². The van der Waals surface area contributed by atoms with Crippen LogP contribution in [0.2, 0.25) is 0 Å². The van der Waals surface area contributed by atoms with E-state index in [9.17, 15) is 18.0 Å². The lowest BCUT2D eigenvalue weighted by Crippen LogP contribution is -2.40. The monoisotopic (exact) mass is 274 g/mol. The lowest BCUT2D eigenvalue weighted by atomic mass is 9.96. The van der Waals surface area contributed by atoms with E-state index in [0.29, 0.717) is 31.7 Å². The van der Waals surface area contributed by atoms with Crippen molar-refractivity contribution in [3.8, 4) is 0 Å². The van der Waals surface area contributed by atoms with Gasteiger partial charge in [-0.2, -0.15) is 13.2 Å². The van der Waals surface area contributed by atoms with Gasteiger partial charge in [-0.05, 0) is 18.9 Å². The average molecular weight is 274 g/mol. The molecule has 1 aromatic heterocycles. The lowest BCUT2D eigenvalue weighted by Gasteiger charge is -2.25. The minimum absolute atomic E-state index is 0.179. The number of alkyl halides is 3. The van der Waals surface area contributed by atoms with Gasteiger partial charge in [0.1, 0.15) is 0 Å². The Hall–Kier alpha value is -1.79. The van der Waals surface area contributed by atoms with E-state index in [1.54, 1.807) is 4.90 Å². The van der Waals surface area contributed by atoms with Crippen molar-refractivity contribution >= 4 is 11.7 Å². The van der Waals surface area contributed by atoms with Crippen LogP contribution in [0.5, 0.6) is 0 Å². The molecule has 0 saturated carbocycles. The first-order chi connectivity index (χ1) is 8.88. The maximum Gasteiger partial charge on any atom is 0.416 e. The SMILES string of the molecule is NC(=O)C1CCN(c2cc(C(F)(F)F)cc[nH+]2)CC1. The summed E-state index contributed by atoms with van der Waals surface area (Å²) in [6, 6.07) is 2.09. The second kappa shape index (κ2) is 5.07. The van der Waals surface area contributed by atoms with Crippen molar-refractivity contribution in [2.45, 2.75) is 19.0 Å². The number of nitrogens with two attached hydrogens (primary N) is 1. The predicted octanol–water partition coefficient (Wildman–Crippen LogP) is 1.22. The number of hydrogen-bond donors (Lipinski definition) is 1. The van der Waals surface area contributed by atoms with Crippen molar-refractivity contribution in [1.29, 1.82) is 0 Å². The smallest absolute Gasteiger partial charge is 0.369 e. The third-order valence-corrected chi connectivity index (χ3v) is 3.35. The number of halogens is 3. The van der Waals surface area contributed by atoms with E-state index in [1.165, 1.54) is 6.20 Å². The van der Waals surface area contributed by atoms with E-state index < -0.39 is 11.7 Å². The van der Waals surface area contributed by atoms with Gasteiger partial charge in [-0.3, -0.25) is 9.69 Å². The third-order valence-electron chi connectivity index (χ3n) is 3.35. The molecule has 2 rings (SSSR count). The van der Waals surface area contributed by atoms with E-state index >= 15 is 0 Å². The van der Waals surface area contributed by atoms with E-state index in [4.69, 9.17) is 5.73 Å². The Morgan fingerprint density at radius 1 is 1.37 bits per heavy atom. The Morgan fingerprint density at radius 2 is 2.00 bits per heavy atom. The number of rotatable bonds is 2. The number of amides is 1. The Morgan fingerprint density at radius 3 is 2.53 bits per heavy atom. The fourth-order valence-electron chi connectivity index (χ4n) is 2.22. The van der Waals surface area contributed by atoms with Gasteiger partial charge in [0.15, 0.2) is 0 Å². The second-order valence-electron chi connectivity index (χ2n) is 4.62. The number of piperidine rings is 1. The highest BCUT2D eigenvalue weighted by atomic mass is 19.4. The van der Waals surface area contributed by atoms with Crippen LogP contribution in [0.1, 0.15) is 18.4 Å². The zero-order valence-corrected chi connectivity index (χ0v) is 10.2. The number of carbonyl (C=O) groups is 1. The van der Waals surface area contributed by atoms with E-state index in [1.807, 2.05) is 0 Å². The molecule has 1 amide bonds. The van der Waals surface area contributed by atoms with Crippen LogP contribution in [0.3, 0.4) is 0 Å². The van der Waals surface area contributed by atoms with Gasteiger partial charge in [-0.25, -0.2) is 4.98 Å². The molecule has 0 radical (unpaired) electrons. The maximum absolute atomic E-state index is 12.6. The van der Waals surface area contributed by atoms with Crippen LogP contribution in [0, 0.1) is 5.92 Å². The number of nitrogens with zero attached hydrogens (tertiary/aromatic N) is 1. The highest BCUT2D eigenvalue weighted by Crippen LogP contribution is 2.30. The molecular weight excluding hydrogens is 259 g/mol. The summed E-state index contributed by atoms with van der Waals surface area (Å²) in [5.41, 5.74) is 4.54. The van der Waals surface area contributed by atoms with Crippen LogP contribution in [0.4, 0.5) is 19.0 Å². The molecule has 2 heterocycles. The Labute approximate surface area is 108 Å². The molecular formula is C12H15F3N3O+. The Bertz CT molecular complexity index is 468. The summed E-state index contributed by atoms with van der Waals surface area (Å²) in [6.45, 7) is 1.04. The lowest BCUT2D eigenvalue weighted by molar-refractivity contribution is -0.365. The molecule has 0 bridgehead atoms. The minimum atomic E-state index is -4.35. The maximum atomic E-state index is 12.6. The van der Waals surface area contributed by atoms with Crippen LogP contribution >= 0.6 is 0 Å². The van der Waals surface area contributed by atoms with Crippen molar-refractivity contribution in [1.82, 2.24) is 0 Å². The molecule has 0 aromatic carbocycles. The number of anilines is 1. The van der Waals surface area contributed by atoms with Gasteiger partial charge in [0.25, 0.3) is 5.82 Å². The summed E-state index contributed by atoms with van der Waals surface area (Å²) in [6.07, 6.45) is -1.94. The topological polar surface area (TPSA) is 60.5 Å². The summed E-state index contributed by atoms with van der Waals surface area (Å²) >= 11 is 0. The molecule has 0 atom stereocenters. The molecule has 0 spiro atoms. The zero-order chi connectivity index (χ0) is 14.0. The zero-order valence-electron chi connectivity index (χ0n) is 10.2. The number of hydrogen-bond acceptors (Lipinski definition) is 2. The van der Waals surface area contributed by atoms with Gasteiger partial charge in [0.2, 0.25) is 5.91 Å². The molecule has 0 aliphatic carbocycles. The number of H-pyrrole nitrogens is 1. The first-order valence-corrected chi connectivity index (χ1v) is 6.01. The highest BCUT2D eigenvalue weighted by Gasteiger charge is 2.34. The van der Waals surface area contributed by atoms with Crippen molar-refractivity contribution in [3.05, 3.63) is 23.9 Å². The van der Waals surface area contributed by atoms with Gasteiger partial charge in [-0.15, -0.1) is 0 Å². The Balaban J connectivity index is 2.10. The van der Waals surface area contributed by atoms with Crippen LogP contribution in [0.15, 0.2) is 18.3 Å². The van der Waals surface area contributed by atoms with Crippen molar-refractivity contribution in [2.75, 3.05) is 18.0 Å². The number of aromatic nitrogens is 1. The van der Waals surface area contributed by atoms with Gasteiger partial charge < -0.3 is 5.73 Å². The number of primary amides is 1. The largest absolute Gasteiger partial charge is 0.416 e. The summed E-state index contributed by atoms with van der Waals surface area (Å²) < 4.78 is 37.8. The summed E-state index contributed by atoms with van der Waals surface area (Å²) in [7, 11) is 0. The van der Waals surface area contributed by atoms with E-state index in [2.05, 4.69) is 4.98 Å². The molecule has 3 N–H and O–H groups in total. The van der Waals surface area contributed by atoms with Gasteiger partial charge >= 0.3 is 6.18 Å². The summed E-state index contributed by atoms with van der Waals surface area (Å²) in [5.74, 6) is -0.104. The average Bonchev–Trinajstić information content (AvgIpc) is 2.38. The van der Waals surface area contributed by atoms with Crippen LogP contribution in [-0.2, 0) is 11.0 Å². The van der Waals surface area contributed by atoms with E-state index in [-0.39, 0.29) is 11.8 Å². The predicted molar refractivity (Wildman–Crippen MR) is 62.1 cm³/mol. The first-order valence-electron chi connectivity index (χ1n) is 6.01. The van der Waals surface area contributed by atoms with Crippen molar-refractivity contribution in [3.63, 3.8) is 0 Å². The molecule has 0 unspecified atom stereocenters. The molecule has 7 heteroatoms. The fraction of sp³-hybridized carbons (Fsp3) is 0.500. The fourth-order valence-corrected chi connectivity index (χ4v) is 2.22. The molecule has 1 aromatic rings. The summed E-state index contributed by atoms with van der Waals surface area (Å²) in [4.78, 5) is 15.6. The molecule has 104 valence electrons. The first kappa shape index (κ1) is 13.6. The quantitative estimate of drug-likeness (QED) is 0.881. The number of aromatic amines is 1. The second-order valence-corrected chi connectivity index (χ2v) is 4.62. The van der Waals surface area contributed by atoms with Crippen molar-refractivity contribution in [2.24, 2.45) is 11.7 Å². The van der Waals surface area contributed by atoms with Crippen LogP contribution in [-0.4, -0.2) is 19.0 Å². The van der Waals surface area contributed by atoms with Crippen molar-refractivity contribution < 1.29 is 22.9 Å². The van der Waals surface area contributed by atoms with Gasteiger partial charge in [-0.1, -0.05) is 0 Å². The molecule has 19 heavy (non-hydrogen) atoms. The van der Waals surface area contributed by atoms with Crippen LogP contribution in [0.25, 0.3) is 0 Å². The standard InChI is InChI=1S/C12H14F3N3O/c13-12(14,15)9-1-4-17-10(7-9)18-5-2-8(3-6-18)11(16)19/h1,4,7-8H,2-3,5-6H2,(H2,16,19)/p+1. The molecule has 1 aliphatic rings. The molecule has 1 saturated heterocycles. The molecule has 4 nitrogen and oxygen atoms in total. The minimum Gasteiger partial charge on any atom is -0.369 e. The Kier molecular flexibility index (Phi) is 3.64. The summed E-state index contributed by atoms with van der Waals surface area (Å²) in [5, 5.41) is 0.